The molecule has 0 aromatic heterocycles. The van der Waals surface area contributed by atoms with Crippen molar-refractivity contribution in [1.82, 2.24) is 0 Å². The van der Waals surface area contributed by atoms with Crippen LogP contribution in [-0.2, 0) is 0 Å². The van der Waals surface area contributed by atoms with Crippen molar-refractivity contribution in [2.24, 2.45) is 0 Å². The first-order valence-corrected chi connectivity index (χ1v) is 4.03. The summed E-state index contributed by atoms with van der Waals surface area (Å²) < 4.78 is 0. The van der Waals surface area contributed by atoms with E-state index >= 15 is 0 Å². The molecule has 0 aliphatic heterocycles. The van der Waals surface area contributed by atoms with Gasteiger partial charge in [0.05, 0.1) is 11.2 Å². The number of hydrogen-bond donors (Lipinski definition) is 5. The molecular formula is C7H19BO5. The van der Waals surface area contributed by atoms with E-state index in [1.165, 1.54) is 0 Å². The Morgan fingerprint density at radius 1 is 1.00 bits per heavy atom. The minimum Gasteiger partial charge on any atom is -0.402 e. The van der Waals surface area contributed by atoms with Crippen molar-refractivity contribution < 1.29 is 25.3 Å². The van der Waals surface area contributed by atoms with Crippen molar-refractivity contribution in [3.05, 3.63) is 0 Å². The Morgan fingerprint density at radius 2 is 1.23 bits per heavy atom. The van der Waals surface area contributed by atoms with Gasteiger partial charge in [-0.1, -0.05) is 6.92 Å². The van der Waals surface area contributed by atoms with Crippen LogP contribution >= 0.6 is 0 Å². The fourth-order valence-corrected chi connectivity index (χ4v) is 0.433. The van der Waals surface area contributed by atoms with Gasteiger partial charge in [-0.25, -0.2) is 0 Å². The Bertz CT molecular complexity index is 127. The molecular weight excluding hydrogens is 175 g/mol. The van der Waals surface area contributed by atoms with Gasteiger partial charge < -0.3 is 25.3 Å². The molecule has 0 amide bonds. The monoisotopic (exact) mass is 194 g/mol. The van der Waals surface area contributed by atoms with Crippen molar-refractivity contribution in [3.63, 3.8) is 0 Å². The van der Waals surface area contributed by atoms with Crippen LogP contribution < -0.4 is 0 Å². The number of rotatable bonds is 2. The van der Waals surface area contributed by atoms with Gasteiger partial charge in [-0.15, -0.1) is 0 Å². The third kappa shape index (κ3) is 8.20. The summed E-state index contributed by atoms with van der Waals surface area (Å²) in [4.78, 5) is 0. The normalized spacial score (nSPS) is 15.5. The molecule has 0 aliphatic carbocycles. The molecule has 6 heteroatoms. The summed E-state index contributed by atoms with van der Waals surface area (Å²) in [6.45, 7) is 6.69. The number of aliphatic hydroxyl groups is 2. The first-order valence-electron chi connectivity index (χ1n) is 4.03. The van der Waals surface area contributed by atoms with E-state index in [4.69, 9.17) is 15.1 Å². The highest BCUT2D eigenvalue weighted by atomic mass is 16.5. The average Bonchev–Trinajstić information content (AvgIpc) is 1.84. The highest BCUT2D eigenvalue weighted by molar-refractivity contribution is 6.30. The molecule has 0 aromatic rings. The fraction of sp³-hybridized carbons (Fsp3) is 1.00. The molecule has 5 N–H and O–H groups in total. The Morgan fingerprint density at radius 3 is 1.23 bits per heavy atom. The predicted molar refractivity (Wildman–Crippen MR) is 49.6 cm³/mol. The second-order valence-corrected chi connectivity index (χ2v) is 3.53. The van der Waals surface area contributed by atoms with Crippen molar-refractivity contribution in [2.45, 2.75) is 45.3 Å². The summed E-state index contributed by atoms with van der Waals surface area (Å²) in [5, 5.41) is 40.2. The highest BCUT2D eigenvalue weighted by Crippen LogP contribution is 2.23. The minimum atomic E-state index is -2.17. The summed E-state index contributed by atoms with van der Waals surface area (Å²) in [6.07, 6.45) is 0.566. The Balaban J connectivity index is 0. The molecule has 80 valence electrons. The third-order valence-corrected chi connectivity index (χ3v) is 2.01. The smallest absolute Gasteiger partial charge is 0.402 e. The van der Waals surface area contributed by atoms with Gasteiger partial charge in [-0.05, 0) is 27.2 Å². The predicted octanol–water partition coefficient (Wildman–Crippen LogP) is -1.13. The molecule has 0 saturated heterocycles. The van der Waals surface area contributed by atoms with Crippen LogP contribution in [0.2, 0.25) is 0 Å². The second-order valence-electron chi connectivity index (χ2n) is 3.53. The van der Waals surface area contributed by atoms with Crippen molar-refractivity contribution in [1.29, 1.82) is 0 Å². The molecule has 0 aromatic carbocycles. The molecule has 0 rings (SSSR count). The van der Waals surface area contributed by atoms with Crippen LogP contribution in [0.5, 0.6) is 0 Å². The summed E-state index contributed by atoms with van der Waals surface area (Å²) in [6, 6.07) is 0. The molecule has 0 heterocycles. The van der Waals surface area contributed by atoms with E-state index in [0.717, 1.165) is 0 Å². The molecule has 0 saturated carbocycles. The molecule has 0 spiro atoms. The Kier molecular flexibility index (Phi) is 6.57. The topological polar surface area (TPSA) is 101 Å². The molecule has 0 radical (unpaired) electrons. The Hall–Kier alpha value is -0.135. The molecule has 0 aliphatic rings. The SMILES string of the molecule is CCC(C)(O)C(C)(C)O.OB(O)O. The van der Waals surface area contributed by atoms with Gasteiger partial charge in [0, 0.05) is 0 Å². The second kappa shape index (κ2) is 5.56. The molecule has 0 bridgehead atoms. The zero-order chi connectivity index (χ0) is 11.3. The van der Waals surface area contributed by atoms with Crippen LogP contribution in [0.4, 0.5) is 0 Å². The summed E-state index contributed by atoms with van der Waals surface area (Å²) in [7, 11) is -2.17. The van der Waals surface area contributed by atoms with Gasteiger partial charge in [-0.3, -0.25) is 0 Å². The first kappa shape index (κ1) is 15.3. The van der Waals surface area contributed by atoms with Crippen LogP contribution in [0.15, 0.2) is 0 Å². The maximum atomic E-state index is 9.41. The van der Waals surface area contributed by atoms with Crippen LogP contribution in [0.1, 0.15) is 34.1 Å². The van der Waals surface area contributed by atoms with E-state index in [-0.39, 0.29) is 0 Å². The van der Waals surface area contributed by atoms with E-state index in [2.05, 4.69) is 0 Å². The van der Waals surface area contributed by atoms with E-state index < -0.39 is 18.5 Å². The molecule has 0 fully saturated rings. The molecule has 1 unspecified atom stereocenters. The lowest BCUT2D eigenvalue weighted by atomic mass is 9.86. The highest BCUT2D eigenvalue weighted by Gasteiger charge is 2.35. The van der Waals surface area contributed by atoms with E-state index in [1.54, 1.807) is 20.8 Å². The summed E-state index contributed by atoms with van der Waals surface area (Å²) >= 11 is 0. The molecule has 5 nitrogen and oxygen atoms in total. The molecule has 13 heavy (non-hydrogen) atoms. The van der Waals surface area contributed by atoms with Gasteiger partial charge in [0.25, 0.3) is 0 Å². The lowest BCUT2D eigenvalue weighted by Gasteiger charge is -2.34. The lowest BCUT2D eigenvalue weighted by molar-refractivity contribution is -0.121. The van der Waals surface area contributed by atoms with Gasteiger partial charge in [0.2, 0.25) is 0 Å². The van der Waals surface area contributed by atoms with Crippen molar-refractivity contribution >= 4 is 7.32 Å². The standard InChI is InChI=1S/C7H16O2.BH3O3/c1-5-7(4,9)6(2,3)8;2-1(3)4/h8-9H,5H2,1-4H3;2-4H. The van der Waals surface area contributed by atoms with Gasteiger partial charge in [0.1, 0.15) is 0 Å². The zero-order valence-corrected chi connectivity index (χ0v) is 8.52. The van der Waals surface area contributed by atoms with Crippen LogP contribution in [0.25, 0.3) is 0 Å². The minimum absolute atomic E-state index is 0.566. The van der Waals surface area contributed by atoms with Gasteiger partial charge >= 0.3 is 7.32 Å². The average molecular weight is 194 g/mol. The zero-order valence-electron chi connectivity index (χ0n) is 8.52. The maximum Gasteiger partial charge on any atom is 0.631 e. The summed E-state index contributed by atoms with van der Waals surface area (Å²) in [5.41, 5.74) is -1.96. The van der Waals surface area contributed by atoms with E-state index in [9.17, 15) is 10.2 Å². The van der Waals surface area contributed by atoms with Gasteiger partial charge in [0.15, 0.2) is 0 Å². The maximum absolute atomic E-state index is 9.41. The van der Waals surface area contributed by atoms with Crippen LogP contribution in [0.3, 0.4) is 0 Å². The third-order valence-electron chi connectivity index (χ3n) is 2.01. The fourth-order valence-electron chi connectivity index (χ4n) is 0.433. The quantitative estimate of drug-likeness (QED) is 0.358. The van der Waals surface area contributed by atoms with E-state index in [0.29, 0.717) is 6.42 Å². The first-order chi connectivity index (χ1) is 5.54. The summed E-state index contributed by atoms with van der Waals surface area (Å²) in [5.74, 6) is 0. The van der Waals surface area contributed by atoms with Gasteiger partial charge in [-0.2, -0.15) is 0 Å². The number of hydrogen-bond acceptors (Lipinski definition) is 5. The lowest BCUT2D eigenvalue weighted by Crippen LogP contribution is -2.46. The van der Waals surface area contributed by atoms with Crippen molar-refractivity contribution in [3.8, 4) is 0 Å². The Labute approximate surface area is 78.8 Å². The molecule has 1 atom stereocenters. The van der Waals surface area contributed by atoms with E-state index in [1.807, 2.05) is 6.92 Å². The van der Waals surface area contributed by atoms with Crippen LogP contribution in [-0.4, -0.2) is 43.8 Å². The van der Waals surface area contributed by atoms with Crippen LogP contribution in [0, 0.1) is 0 Å². The largest absolute Gasteiger partial charge is 0.631 e. The van der Waals surface area contributed by atoms with Crippen molar-refractivity contribution in [2.75, 3.05) is 0 Å².